The summed E-state index contributed by atoms with van der Waals surface area (Å²) < 4.78 is 10.7. The Kier molecular flexibility index (Phi) is 5.90. The molecule has 0 aromatic heterocycles. The molecule has 2 aliphatic rings. The molecule has 2 fully saturated rings. The molecule has 0 radical (unpaired) electrons. The number of hydrogen-bond donors (Lipinski definition) is 1. The number of piperidine rings is 1. The van der Waals surface area contributed by atoms with E-state index in [0.717, 1.165) is 25.4 Å². The minimum Gasteiger partial charge on any atom is -0.378 e. The monoisotopic (exact) mass is 256 g/mol. The molecule has 1 amide bonds. The summed E-state index contributed by atoms with van der Waals surface area (Å²) in [6.45, 7) is 5.87. The summed E-state index contributed by atoms with van der Waals surface area (Å²) in [5.74, 6) is 0.817. The molecule has 0 bridgehead atoms. The topological polar surface area (TPSA) is 50.8 Å². The lowest BCUT2D eigenvalue weighted by atomic mass is 9.97. The average molecular weight is 256 g/mol. The number of carbonyl (C=O) groups is 1. The van der Waals surface area contributed by atoms with Crippen LogP contribution in [0.4, 0.5) is 0 Å². The largest absolute Gasteiger partial charge is 0.378 e. The second-order valence-corrected chi connectivity index (χ2v) is 5.05. The van der Waals surface area contributed by atoms with E-state index in [0.29, 0.717) is 32.9 Å². The molecule has 5 heteroatoms. The third-order valence-electron chi connectivity index (χ3n) is 3.66. The van der Waals surface area contributed by atoms with Crippen molar-refractivity contribution in [3.8, 4) is 0 Å². The van der Waals surface area contributed by atoms with E-state index >= 15 is 0 Å². The van der Waals surface area contributed by atoms with Gasteiger partial charge in [-0.25, -0.2) is 0 Å². The predicted octanol–water partition coefficient (Wildman–Crippen LogP) is 0.252. The van der Waals surface area contributed by atoms with Gasteiger partial charge in [0, 0.05) is 19.7 Å². The van der Waals surface area contributed by atoms with Gasteiger partial charge in [-0.15, -0.1) is 0 Å². The van der Waals surface area contributed by atoms with Gasteiger partial charge in [-0.05, 0) is 38.3 Å². The summed E-state index contributed by atoms with van der Waals surface area (Å²) in [5.41, 5.74) is 0. The quantitative estimate of drug-likeness (QED) is 0.717. The van der Waals surface area contributed by atoms with Crippen LogP contribution in [0.15, 0.2) is 0 Å². The molecule has 104 valence electrons. The Hall–Kier alpha value is -0.650. The second-order valence-electron chi connectivity index (χ2n) is 5.05. The molecule has 0 saturated carbocycles. The first-order chi connectivity index (χ1) is 8.86. The van der Waals surface area contributed by atoms with Gasteiger partial charge in [-0.3, -0.25) is 4.79 Å². The molecule has 18 heavy (non-hydrogen) atoms. The third kappa shape index (κ3) is 4.55. The first kappa shape index (κ1) is 13.8. The number of ether oxygens (including phenoxy) is 2. The van der Waals surface area contributed by atoms with Crippen molar-refractivity contribution in [1.29, 1.82) is 0 Å². The summed E-state index contributed by atoms with van der Waals surface area (Å²) in [6, 6.07) is 0. The van der Waals surface area contributed by atoms with Crippen LogP contribution in [-0.4, -0.2) is 63.4 Å². The number of hydrogen-bond acceptors (Lipinski definition) is 4. The molecule has 0 aromatic carbocycles. The zero-order valence-corrected chi connectivity index (χ0v) is 11.0. The van der Waals surface area contributed by atoms with Gasteiger partial charge in [0.1, 0.15) is 6.61 Å². The molecular formula is C13H24N2O3. The van der Waals surface area contributed by atoms with Gasteiger partial charge in [0.15, 0.2) is 0 Å². The van der Waals surface area contributed by atoms with Gasteiger partial charge >= 0.3 is 0 Å². The van der Waals surface area contributed by atoms with Crippen molar-refractivity contribution >= 4 is 5.91 Å². The maximum atomic E-state index is 11.8. The first-order valence-corrected chi connectivity index (χ1v) is 7.00. The van der Waals surface area contributed by atoms with Crippen LogP contribution in [0.2, 0.25) is 0 Å². The molecule has 0 aromatic rings. The Bertz CT molecular complexity index is 249. The van der Waals surface area contributed by atoms with Crippen molar-refractivity contribution in [1.82, 2.24) is 10.2 Å². The Morgan fingerprint density at radius 1 is 1.39 bits per heavy atom. The molecule has 5 nitrogen and oxygen atoms in total. The van der Waals surface area contributed by atoms with Crippen molar-refractivity contribution in [2.75, 3.05) is 52.6 Å². The van der Waals surface area contributed by atoms with Crippen molar-refractivity contribution in [2.24, 2.45) is 5.92 Å². The summed E-state index contributed by atoms with van der Waals surface area (Å²) in [5, 5.41) is 3.39. The third-order valence-corrected chi connectivity index (χ3v) is 3.66. The van der Waals surface area contributed by atoms with E-state index in [4.69, 9.17) is 9.47 Å². The minimum absolute atomic E-state index is 0.0973. The molecule has 2 aliphatic heterocycles. The van der Waals surface area contributed by atoms with E-state index < -0.39 is 0 Å². The molecule has 0 aliphatic carbocycles. The minimum atomic E-state index is 0.0973. The lowest BCUT2D eigenvalue weighted by molar-refractivity contribution is -0.140. The van der Waals surface area contributed by atoms with Crippen LogP contribution in [0, 0.1) is 5.92 Å². The predicted molar refractivity (Wildman–Crippen MR) is 68.4 cm³/mol. The SMILES string of the molecule is O=C(COCCC1CCCNC1)N1CCOCC1. The fourth-order valence-electron chi connectivity index (χ4n) is 2.48. The van der Waals surface area contributed by atoms with Crippen molar-refractivity contribution < 1.29 is 14.3 Å². The highest BCUT2D eigenvalue weighted by molar-refractivity contribution is 5.77. The van der Waals surface area contributed by atoms with Crippen LogP contribution in [0.25, 0.3) is 0 Å². The number of morpholine rings is 1. The fraction of sp³-hybridized carbons (Fsp3) is 0.923. The van der Waals surface area contributed by atoms with Crippen molar-refractivity contribution in [3.63, 3.8) is 0 Å². The maximum absolute atomic E-state index is 11.8. The molecular weight excluding hydrogens is 232 g/mol. The zero-order valence-electron chi connectivity index (χ0n) is 11.0. The second kappa shape index (κ2) is 7.71. The van der Waals surface area contributed by atoms with E-state index in [9.17, 15) is 4.79 Å². The van der Waals surface area contributed by atoms with E-state index in [1.165, 1.54) is 12.8 Å². The summed E-state index contributed by atoms with van der Waals surface area (Å²) in [6.07, 6.45) is 3.61. The lowest BCUT2D eigenvalue weighted by Crippen LogP contribution is -2.42. The Morgan fingerprint density at radius 2 is 2.22 bits per heavy atom. The Morgan fingerprint density at radius 3 is 2.94 bits per heavy atom. The van der Waals surface area contributed by atoms with Crippen molar-refractivity contribution in [2.45, 2.75) is 19.3 Å². The maximum Gasteiger partial charge on any atom is 0.248 e. The fourth-order valence-corrected chi connectivity index (χ4v) is 2.48. The summed E-state index contributed by atoms with van der Waals surface area (Å²) >= 11 is 0. The standard InChI is InChI=1S/C13H24N2O3/c16-13(15-5-8-17-9-6-15)11-18-7-3-12-2-1-4-14-10-12/h12,14H,1-11H2. The van der Waals surface area contributed by atoms with Gasteiger partial charge in [0.25, 0.3) is 0 Å². The molecule has 2 heterocycles. The van der Waals surface area contributed by atoms with Gasteiger partial charge in [-0.1, -0.05) is 0 Å². The van der Waals surface area contributed by atoms with E-state index in [2.05, 4.69) is 5.32 Å². The van der Waals surface area contributed by atoms with Gasteiger partial charge in [-0.2, -0.15) is 0 Å². The van der Waals surface area contributed by atoms with Crippen LogP contribution in [0.5, 0.6) is 0 Å². The summed E-state index contributed by atoms with van der Waals surface area (Å²) in [7, 11) is 0. The van der Waals surface area contributed by atoms with Crippen LogP contribution < -0.4 is 5.32 Å². The highest BCUT2D eigenvalue weighted by Crippen LogP contribution is 2.13. The number of amides is 1. The Balaban J connectivity index is 1.52. The van der Waals surface area contributed by atoms with Gasteiger partial charge in [0.2, 0.25) is 5.91 Å². The molecule has 0 spiro atoms. The van der Waals surface area contributed by atoms with Crippen molar-refractivity contribution in [3.05, 3.63) is 0 Å². The van der Waals surface area contributed by atoms with E-state index in [1.807, 2.05) is 4.90 Å². The van der Waals surface area contributed by atoms with Crippen LogP contribution in [-0.2, 0) is 14.3 Å². The Labute approximate surface area is 109 Å². The van der Waals surface area contributed by atoms with Gasteiger partial charge < -0.3 is 19.7 Å². The number of nitrogens with one attached hydrogen (secondary N) is 1. The zero-order chi connectivity index (χ0) is 12.6. The number of rotatable bonds is 5. The normalized spacial score (nSPS) is 25.1. The van der Waals surface area contributed by atoms with Crippen LogP contribution in [0.1, 0.15) is 19.3 Å². The molecule has 2 rings (SSSR count). The number of carbonyl (C=O) groups excluding carboxylic acids is 1. The average Bonchev–Trinajstić information content (AvgIpc) is 2.45. The number of nitrogens with zero attached hydrogens (tertiary/aromatic N) is 1. The van der Waals surface area contributed by atoms with E-state index in [1.54, 1.807) is 0 Å². The molecule has 1 unspecified atom stereocenters. The van der Waals surface area contributed by atoms with E-state index in [-0.39, 0.29) is 12.5 Å². The molecule has 1 N–H and O–H groups in total. The first-order valence-electron chi connectivity index (χ1n) is 7.00. The molecule has 1 atom stereocenters. The smallest absolute Gasteiger partial charge is 0.248 e. The highest BCUT2D eigenvalue weighted by atomic mass is 16.5. The van der Waals surface area contributed by atoms with Crippen LogP contribution >= 0.6 is 0 Å². The van der Waals surface area contributed by atoms with Gasteiger partial charge in [0.05, 0.1) is 13.2 Å². The highest BCUT2D eigenvalue weighted by Gasteiger charge is 2.17. The summed E-state index contributed by atoms with van der Waals surface area (Å²) in [4.78, 5) is 13.6. The lowest BCUT2D eigenvalue weighted by Gasteiger charge is -2.27. The molecule has 2 saturated heterocycles. The van der Waals surface area contributed by atoms with Crippen LogP contribution in [0.3, 0.4) is 0 Å².